The Hall–Kier alpha value is -4.15. The maximum Gasteiger partial charge on any atom is 0.0580 e. The fourth-order valence-corrected chi connectivity index (χ4v) is 13.1. The van der Waals surface area contributed by atoms with Gasteiger partial charge in [0.05, 0.1) is 13.6 Å². The van der Waals surface area contributed by atoms with Crippen molar-refractivity contribution in [2.45, 2.75) is 0 Å². The van der Waals surface area contributed by atoms with Gasteiger partial charge in [0, 0.05) is 15.9 Å². The van der Waals surface area contributed by atoms with E-state index in [9.17, 15) is 0 Å². The third kappa shape index (κ3) is 5.32. The van der Waals surface area contributed by atoms with Crippen LogP contribution in [0.1, 0.15) is 0 Å². The summed E-state index contributed by atoms with van der Waals surface area (Å²) in [6.07, 6.45) is 0. The van der Waals surface area contributed by atoms with Crippen molar-refractivity contribution in [2.75, 3.05) is 6.54 Å². The minimum absolute atomic E-state index is 0.624. The Morgan fingerprint density at radius 2 is 0.585 bits per heavy atom. The molecule has 0 unspecified atom stereocenters. The van der Waals surface area contributed by atoms with E-state index in [0.717, 1.165) is 0 Å². The molecule has 0 radical (unpaired) electrons. The third-order valence-electron chi connectivity index (χ3n) is 7.53. The highest BCUT2D eigenvalue weighted by molar-refractivity contribution is 7.94. The molecule has 0 aromatic heterocycles. The minimum Gasteiger partial charge on any atom is -0.285 e. The molecule has 0 saturated carbocycles. The van der Waals surface area contributed by atoms with E-state index in [1.165, 1.54) is 31.8 Å². The Labute approximate surface area is 244 Å². The smallest absolute Gasteiger partial charge is 0.0580 e. The Bertz CT molecular complexity index is 1440. The molecule has 3 heteroatoms. The molecule has 0 fully saturated rings. The molecule has 0 aliphatic heterocycles. The van der Waals surface area contributed by atoms with Gasteiger partial charge in [-0.1, -0.05) is 188 Å². The van der Waals surface area contributed by atoms with Gasteiger partial charge in [0.25, 0.3) is 0 Å². The van der Waals surface area contributed by atoms with Crippen molar-refractivity contribution in [1.29, 1.82) is 0 Å². The van der Waals surface area contributed by atoms with Crippen LogP contribution in [0, 0.1) is 0 Å². The highest BCUT2D eigenvalue weighted by Gasteiger charge is 2.28. The summed E-state index contributed by atoms with van der Waals surface area (Å²) in [6.45, 7) is -1.49. The Morgan fingerprint density at radius 3 is 0.854 bits per heavy atom. The molecular formula is C38H33NP2. The minimum atomic E-state index is -2.30. The van der Waals surface area contributed by atoms with E-state index in [-0.39, 0.29) is 0 Å². The van der Waals surface area contributed by atoms with Crippen LogP contribution >= 0.6 is 13.9 Å². The molecule has 6 rings (SSSR count). The molecule has 0 bridgehead atoms. The summed E-state index contributed by atoms with van der Waals surface area (Å²) in [4.78, 5) is 0. The summed E-state index contributed by atoms with van der Waals surface area (Å²) in [5, 5.41) is 7.85. The van der Waals surface area contributed by atoms with Crippen molar-refractivity contribution in [3.8, 4) is 0 Å². The lowest BCUT2D eigenvalue weighted by molar-refractivity contribution is 1.38. The zero-order chi connectivity index (χ0) is 27.8. The zero-order valence-corrected chi connectivity index (χ0v) is 24.7. The third-order valence-corrected chi connectivity index (χ3v) is 15.3. The van der Waals surface area contributed by atoms with Crippen LogP contribution in [0.2, 0.25) is 0 Å². The topological polar surface area (TPSA) is 12.4 Å². The van der Waals surface area contributed by atoms with Gasteiger partial charge in [-0.2, -0.15) is 0 Å². The first kappa shape index (κ1) is 27.0. The Balaban J connectivity index is 1.68. The van der Waals surface area contributed by atoms with Crippen molar-refractivity contribution < 1.29 is 0 Å². The molecule has 0 N–H and O–H groups in total. The molecule has 1 nitrogen and oxygen atoms in total. The summed E-state index contributed by atoms with van der Waals surface area (Å²) in [5.74, 6) is 2.54. The quantitative estimate of drug-likeness (QED) is 0.177. The number of nitrogens with zero attached hydrogens (tertiary/aromatic N) is 1. The van der Waals surface area contributed by atoms with E-state index >= 15 is 0 Å². The van der Waals surface area contributed by atoms with E-state index < -0.39 is 13.9 Å². The van der Waals surface area contributed by atoms with E-state index in [0.29, 0.717) is 6.54 Å². The fraction of sp³-hybridized carbons (Fsp3) is 0.0263. The first-order chi connectivity index (χ1) is 20.3. The van der Waals surface area contributed by atoms with Gasteiger partial charge in [0.2, 0.25) is 0 Å². The molecule has 0 amide bonds. The number of rotatable bonds is 8. The van der Waals surface area contributed by atoms with Crippen molar-refractivity contribution in [2.24, 2.45) is 4.74 Å². The van der Waals surface area contributed by atoms with Gasteiger partial charge in [-0.05, 0) is 22.8 Å². The number of benzene rings is 6. The lowest BCUT2D eigenvalue weighted by atomic mass is 10.4. The Morgan fingerprint density at radius 1 is 0.341 bits per heavy atom. The molecule has 6 aromatic rings. The van der Waals surface area contributed by atoms with Gasteiger partial charge >= 0.3 is 0 Å². The first-order valence-corrected chi connectivity index (χ1v) is 17.6. The number of hydrogen-bond acceptors (Lipinski definition) is 1. The SMILES string of the molecule is C(CN=P(c1ccccc1)(c1ccccc1)c1ccccc1)=P(c1ccccc1)(c1ccccc1)c1ccccc1. The van der Waals surface area contributed by atoms with E-state index in [4.69, 9.17) is 4.74 Å². The standard InChI is InChI=1S/C38H33NP2/c1-7-19-33(20-8-1)40(34-21-9-2-10-22-34,35-23-11-3-12-24-35)32-31-39-41(36-25-13-4-14-26-36,37-27-15-5-16-28-37)38-29-17-6-18-30-38/h1-30,32H,31H2. The second kappa shape index (κ2) is 12.6. The molecule has 0 saturated heterocycles. The summed E-state index contributed by atoms with van der Waals surface area (Å²) >= 11 is 0. The summed E-state index contributed by atoms with van der Waals surface area (Å²) in [5.41, 5.74) is 0. The van der Waals surface area contributed by atoms with E-state index in [1.54, 1.807) is 0 Å². The second-order valence-corrected chi connectivity index (χ2v) is 16.3. The molecule has 0 aliphatic rings. The van der Waals surface area contributed by atoms with Crippen LogP contribution in [0.4, 0.5) is 0 Å². The van der Waals surface area contributed by atoms with Crippen molar-refractivity contribution in [3.05, 3.63) is 182 Å². The van der Waals surface area contributed by atoms with Crippen molar-refractivity contribution in [3.63, 3.8) is 0 Å². The van der Waals surface area contributed by atoms with Gasteiger partial charge in [-0.15, -0.1) is 0 Å². The lowest BCUT2D eigenvalue weighted by Gasteiger charge is -2.30. The van der Waals surface area contributed by atoms with Crippen LogP contribution in [-0.2, 0) is 0 Å². The van der Waals surface area contributed by atoms with Crippen LogP contribution in [0.15, 0.2) is 187 Å². The summed E-state index contributed by atoms with van der Waals surface area (Å²) in [6, 6.07) is 65.7. The van der Waals surface area contributed by atoms with Crippen molar-refractivity contribution in [1.82, 2.24) is 0 Å². The molecule has 0 aliphatic carbocycles. The summed E-state index contributed by atoms with van der Waals surface area (Å²) in [7, 11) is -2.30. The van der Waals surface area contributed by atoms with Crippen LogP contribution in [0.5, 0.6) is 0 Å². The predicted molar refractivity (Wildman–Crippen MR) is 184 cm³/mol. The van der Waals surface area contributed by atoms with Crippen LogP contribution in [-0.4, -0.2) is 12.3 Å². The van der Waals surface area contributed by atoms with Crippen molar-refractivity contribution >= 4 is 51.6 Å². The highest BCUT2D eigenvalue weighted by Crippen LogP contribution is 2.48. The van der Waals surface area contributed by atoms with Gasteiger partial charge < -0.3 is 0 Å². The molecule has 200 valence electrons. The van der Waals surface area contributed by atoms with E-state index in [1.807, 2.05) is 0 Å². The second-order valence-electron chi connectivity index (χ2n) is 9.88. The maximum absolute atomic E-state index is 5.81. The number of hydrogen-bond donors (Lipinski definition) is 0. The van der Waals surface area contributed by atoms with Crippen LogP contribution in [0.25, 0.3) is 0 Å². The average molecular weight is 566 g/mol. The van der Waals surface area contributed by atoms with Crippen LogP contribution < -0.4 is 31.8 Å². The normalized spacial score (nSPS) is 11.5. The molecule has 6 aromatic carbocycles. The average Bonchev–Trinajstić information content (AvgIpc) is 3.08. The molecule has 41 heavy (non-hydrogen) atoms. The van der Waals surface area contributed by atoms with E-state index in [2.05, 4.69) is 188 Å². The van der Waals surface area contributed by atoms with Gasteiger partial charge in [-0.25, -0.2) is 0 Å². The predicted octanol–water partition coefficient (Wildman–Crippen LogP) is 6.96. The Kier molecular flexibility index (Phi) is 8.29. The highest BCUT2D eigenvalue weighted by atomic mass is 31.2. The maximum atomic E-state index is 5.81. The summed E-state index contributed by atoms with van der Waals surface area (Å²) < 4.78 is 5.81. The molecule has 0 heterocycles. The molecule has 0 spiro atoms. The monoisotopic (exact) mass is 565 g/mol. The fourth-order valence-electron chi connectivity index (χ4n) is 5.66. The lowest BCUT2D eigenvalue weighted by Crippen LogP contribution is -2.28. The van der Waals surface area contributed by atoms with Gasteiger partial charge in [-0.3, -0.25) is 4.74 Å². The molecular weight excluding hydrogens is 532 g/mol. The van der Waals surface area contributed by atoms with Crippen LogP contribution in [0.3, 0.4) is 0 Å². The zero-order valence-electron chi connectivity index (χ0n) is 22.9. The van der Waals surface area contributed by atoms with Gasteiger partial charge in [0.15, 0.2) is 0 Å². The largest absolute Gasteiger partial charge is 0.285 e. The first-order valence-electron chi connectivity index (χ1n) is 14.0. The molecule has 0 atom stereocenters. The van der Waals surface area contributed by atoms with Gasteiger partial charge in [0.1, 0.15) is 0 Å².